The average Bonchev–Trinajstić information content (AvgIpc) is 3.76. The summed E-state index contributed by atoms with van der Waals surface area (Å²) in [5, 5.41) is 4.91. The van der Waals surface area contributed by atoms with Crippen LogP contribution >= 0.6 is 0 Å². The first-order valence-electron chi connectivity index (χ1n) is 19.8. The van der Waals surface area contributed by atoms with Crippen LogP contribution in [-0.4, -0.2) is 63.3 Å². The van der Waals surface area contributed by atoms with Crippen LogP contribution in [0.25, 0.3) is 66.4 Å². The van der Waals surface area contributed by atoms with Crippen molar-refractivity contribution in [1.29, 1.82) is 0 Å². The fraction of sp³-hybridized carbons (Fsp3) is 0.133. The van der Waals surface area contributed by atoms with E-state index < -0.39 is 0 Å². The van der Waals surface area contributed by atoms with Crippen molar-refractivity contribution >= 4 is 121 Å². The first-order valence-corrected chi connectivity index (χ1v) is 19.8. The lowest BCUT2D eigenvalue weighted by Crippen LogP contribution is -2.56. The van der Waals surface area contributed by atoms with Crippen molar-refractivity contribution in [3.63, 3.8) is 0 Å². The molecule has 0 radical (unpaired) electrons. The molecule has 0 amide bonds. The minimum atomic E-state index is 0.654. The lowest BCUT2D eigenvalue weighted by molar-refractivity contribution is 0.872. The summed E-state index contributed by atoms with van der Waals surface area (Å²) >= 11 is 0. The molecular weight excluding hydrogens is 665 g/mol. The van der Waals surface area contributed by atoms with Crippen molar-refractivity contribution in [3.8, 4) is 11.6 Å². The Bertz CT molecular complexity index is 2960. The average molecular weight is 705 g/mol. The SMILES string of the molecule is Bc1c(B)c(B)c(-n2c3ccccc3c3c4c5ccccc5n(-c5nc(C6=CCCC=C6)nc(C6=CC=C(C7=CC=CCC7)CC6)n5)c4ccc32)c(B)c1B. The number of nitrogens with zero attached hydrogens (tertiary/aromatic N) is 5. The van der Waals surface area contributed by atoms with Crippen molar-refractivity contribution in [2.24, 2.45) is 0 Å². The van der Waals surface area contributed by atoms with Crippen LogP contribution in [-0.2, 0) is 0 Å². The van der Waals surface area contributed by atoms with Crippen molar-refractivity contribution < 1.29 is 0 Å². The van der Waals surface area contributed by atoms with E-state index >= 15 is 0 Å². The molecule has 260 valence electrons. The number of rotatable bonds is 5. The van der Waals surface area contributed by atoms with Crippen LogP contribution in [0.15, 0.2) is 120 Å². The largest absolute Gasteiger partial charge is 0.310 e. The van der Waals surface area contributed by atoms with Crippen molar-refractivity contribution in [3.05, 3.63) is 132 Å². The Balaban J connectivity index is 1.25. The summed E-state index contributed by atoms with van der Waals surface area (Å²) in [6.07, 6.45) is 24.0. The van der Waals surface area contributed by atoms with Gasteiger partial charge in [0, 0.05) is 32.8 Å². The van der Waals surface area contributed by atoms with E-state index in [1.165, 1.54) is 76.7 Å². The summed E-state index contributed by atoms with van der Waals surface area (Å²) in [5.74, 6) is 2.14. The van der Waals surface area contributed by atoms with Crippen LogP contribution in [0.4, 0.5) is 0 Å². The Morgan fingerprint density at radius 2 is 1.09 bits per heavy atom. The van der Waals surface area contributed by atoms with Gasteiger partial charge in [-0.25, -0.2) is 4.98 Å². The summed E-state index contributed by atoms with van der Waals surface area (Å²) in [6.45, 7) is 0. The van der Waals surface area contributed by atoms with Crippen LogP contribution in [0, 0.1) is 0 Å². The molecule has 0 fully saturated rings. The minimum absolute atomic E-state index is 0.654. The maximum Gasteiger partial charge on any atom is 0.238 e. The van der Waals surface area contributed by atoms with Crippen molar-refractivity contribution in [2.45, 2.75) is 38.5 Å². The Kier molecular flexibility index (Phi) is 8.13. The quantitative estimate of drug-likeness (QED) is 0.259. The first kappa shape index (κ1) is 33.8. The summed E-state index contributed by atoms with van der Waals surface area (Å²) < 4.78 is 4.79. The highest BCUT2D eigenvalue weighted by atomic mass is 15.2. The highest BCUT2D eigenvalue weighted by Gasteiger charge is 2.25. The third kappa shape index (κ3) is 5.32. The summed E-state index contributed by atoms with van der Waals surface area (Å²) in [6, 6.07) is 22.3. The molecule has 3 heterocycles. The zero-order valence-electron chi connectivity index (χ0n) is 32.4. The number of allylic oxidation sites excluding steroid dienone is 12. The fourth-order valence-corrected chi connectivity index (χ4v) is 9.27. The number of hydrogen-bond donors (Lipinski definition) is 0. The maximum atomic E-state index is 5.34. The fourth-order valence-electron chi connectivity index (χ4n) is 9.27. The van der Waals surface area contributed by atoms with Gasteiger partial charge in [0.25, 0.3) is 0 Å². The van der Waals surface area contributed by atoms with E-state index in [9.17, 15) is 0 Å². The molecule has 0 bridgehead atoms. The molecule has 0 spiro atoms. The van der Waals surface area contributed by atoms with E-state index in [1.807, 2.05) is 0 Å². The molecule has 10 rings (SSSR count). The second kappa shape index (κ2) is 13.2. The molecule has 3 aromatic heterocycles. The number of hydrogen-bond acceptors (Lipinski definition) is 3. The van der Waals surface area contributed by atoms with E-state index in [0.717, 1.165) is 72.4 Å². The zero-order valence-corrected chi connectivity index (χ0v) is 32.4. The molecule has 4 aromatic carbocycles. The maximum absolute atomic E-state index is 5.34. The molecule has 0 saturated carbocycles. The molecule has 3 aliphatic rings. The Morgan fingerprint density at radius 3 is 1.73 bits per heavy atom. The second-order valence-corrected chi connectivity index (χ2v) is 15.5. The van der Waals surface area contributed by atoms with E-state index in [-0.39, 0.29) is 0 Å². The van der Waals surface area contributed by atoms with Gasteiger partial charge in [-0.15, -0.1) is 5.46 Å². The summed E-state index contributed by atoms with van der Waals surface area (Å²) in [5.41, 5.74) is 17.7. The van der Waals surface area contributed by atoms with Crippen LogP contribution in [0.5, 0.6) is 0 Å². The van der Waals surface area contributed by atoms with Gasteiger partial charge in [0.05, 0.1) is 22.1 Å². The van der Waals surface area contributed by atoms with Crippen LogP contribution in [0.1, 0.15) is 50.2 Å². The lowest BCUT2D eigenvalue weighted by atomic mass is 9.61. The molecule has 7 aromatic rings. The van der Waals surface area contributed by atoms with Gasteiger partial charge in [-0.2, -0.15) is 9.97 Å². The molecule has 3 aliphatic carbocycles. The number of para-hydroxylation sites is 2. The van der Waals surface area contributed by atoms with Gasteiger partial charge < -0.3 is 4.57 Å². The van der Waals surface area contributed by atoms with Gasteiger partial charge in [-0.3, -0.25) is 4.57 Å². The molecule has 0 atom stereocenters. The summed E-state index contributed by atoms with van der Waals surface area (Å²) in [7, 11) is 11.3. The monoisotopic (exact) mass is 705 g/mol. The minimum Gasteiger partial charge on any atom is -0.310 e. The molecule has 10 heteroatoms. The number of aromatic nitrogens is 5. The van der Waals surface area contributed by atoms with Crippen LogP contribution in [0.2, 0.25) is 0 Å². The van der Waals surface area contributed by atoms with E-state index in [4.69, 9.17) is 15.0 Å². The standard InChI is InChI=1S/C45H40B5N5/c46-37-38(47)40(49)42(41(50)39(37)48)54-31-17-9-7-15-29(31)35-33(54)23-24-34-36(35)30-16-8-10-18-32(30)55(34)45-52-43(27-13-5-2-6-14-27)51-44(53-45)28-21-19-26(20-22-28)25-11-3-1-4-12-25/h1,3,5,7-11,13-19,21,23-24H,2,4,6,12,20,22,46-50H2. The van der Waals surface area contributed by atoms with E-state index in [2.05, 4.69) is 158 Å². The lowest BCUT2D eigenvalue weighted by Gasteiger charge is -2.22. The zero-order chi connectivity index (χ0) is 37.4. The predicted molar refractivity (Wildman–Crippen MR) is 247 cm³/mol. The molecule has 0 aliphatic heterocycles. The van der Waals surface area contributed by atoms with Gasteiger partial charge in [0.1, 0.15) is 39.2 Å². The third-order valence-corrected chi connectivity index (χ3v) is 12.6. The highest BCUT2D eigenvalue weighted by molar-refractivity contribution is 6.68. The van der Waals surface area contributed by atoms with Crippen LogP contribution < -0.4 is 27.3 Å². The van der Waals surface area contributed by atoms with E-state index in [1.54, 1.807) is 0 Å². The Labute approximate surface area is 326 Å². The normalized spacial score (nSPS) is 15.9. The number of benzene rings is 4. The summed E-state index contributed by atoms with van der Waals surface area (Å²) in [4.78, 5) is 15.8. The van der Waals surface area contributed by atoms with Crippen molar-refractivity contribution in [1.82, 2.24) is 24.1 Å². The Hall–Kier alpha value is -5.75. The number of fused-ring (bicyclic) bond motifs is 7. The van der Waals surface area contributed by atoms with Crippen molar-refractivity contribution in [2.75, 3.05) is 0 Å². The molecule has 5 nitrogen and oxygen atoms in total. The highest BCUT2D eigenvalue weighted by Crippen LogP contribution is 2.42. The van der Waals surface area contributed by atoms with Gasteiger partial charge >= 0.3 is 0 Å². The van der Waals surface area contributed by atoms with Gasteiger partial charge in [0.2, 0.25) is 5.95 Å². The molecule has 0 N–H and O–H groups in total. The molecule has 55 heavy (non-hydrogen) atoms. The Morgan fingerprint density at radius 1 is 0.491 bits per heavy atom. The van der Waals surface area contributed by atoms with Gasteiger partial charge in [-0.05, 0) is 79.5 Å². The van der Waals surface area contributed by atoms with Gasteiger partial charge in [-0.1, -0.05) is 107 Å². The predicted octanol–water partition coefficient (Wildman–Crippen LogP) is 2.47. The second-order valence-electron chi connectivity index (χ2n) is 15.5. The first-order chi connectivity index (χ1) is 26.9. The molecule has 0 saturated heterocycles. The topological polar surface area (TPSA) is 48.5 Å². The van der Waals surface area contributed by atoms with Gasteiger partial charge in [0.15, 0.2) is 11.6 Å². The molecular formula is C45H40B5N5. The molecule has 0 unspecified atom stereocenters. The van der Waals surface area contributed by atoms with Crippen LogP contribution in [0.3, 0.4) is 0 Å². The third-order valence-electron chi connectivity index (χ3n) is 12.6. The smallest absolute Gasteiger partial charge is 0.238 e. The van der Waals surface area contributed by atoms with E-state index in [0.29, 0.717) is 5.95 Å².